The zero-order chi connectivity index (χ0) is 20.1. The van der Waals surface area contributed by atoms with Crippen LogP contribution in [0.4, 0.5) is 5.69 Å². The maximum atomic E-state index is 13.2. The molecule has 2 aromatic carbocycles. The number of carbonyl (C=O) groups excluding carboxylic acids is 2. The molecule has 1 atom stereocenters. The summed E-state index contributed by atoms with van der Waals surface area (Å²) in [7, 11) is -0.611. The summed E-state index contributed by atoms with van der Waals surface area (Å²) in [4.78, 5) is 26.6. The van der Waals surface area contributed by atoms with Crippen molar-refractivity contribution in [2.24, 2.45) is 0 Å². The highest BCUT2D eigenvalue weighted by Gasteiger charge is 2.48. The van der Waals surface area contributed by atoms with Gasteiger partial charge in [-0.15, -0.1) is 11.3 Å². The number of carbonyl (C=O) groups is 2. The van der Waals surface area contributed by atoms with Crippen molar-refractivity contribution in [2.75, 3.05) is 17.8 Å². The van der Waals surface area contributed by atoms with E-state index in [-0.39, 0.29) is 18.0 Å². The number of ketones is 2. The van der Waals surface area contributed by atoms with E-state index in [1.165, 1.54) is 11.3 Å². The predicted molar refractivity (Wildman–Crippen MR) is 116 cm³/mol. The van der Waals surface area contributed by atoms with Crippen molar-refractivity contribution < 1.29 is 13.8 Å². The third-order valence-corrected chi connectivity index (χ3v) is 5.31. The first kappa shape index (κ1) is 20.2. The van der Waals surface area contributed by atoms with Crippen molar-refractivity contribution in [2.45, 2.75) is 12.0 Å². The van der Waals surface area contributed by atoms with Crippen LogP contribution in [0.3, 0.4) is 0 Å². The molecule has 3 aromatic rings. The molecule has 1 aliphatic rings. The van der Waals surface area contributed by atoms with Gasteiger partial charge < -0.3 is 5.32 Å². The van der Waals surface area contributed by atoms with Crippen LogP contribution in [-0.2, 0) is 16.3 Å². The molecule has 0 spiro atoms. The van der Waals surface area contributed by atoms with Gasteiger partial charge in [-0.25, -0.2) is 0 Å². The molecule has 1 aliphatic heterocycles. The minimum absolute atomic E-state index is 0.0255. The van der Waals surface area contributed by atoms with Crippen LogP contribution in [0.2, 0.25) is 0 Å². The maximum Gasteiger partial charge on any atom is 0.195 e. The summed E-state index contributed by atoms with van der Waals surface area (Å²) in [5.74, 6) is -0.0725. The lowest BCUT2D eigenvalue weighted by molar-refractivity contribution is 0.0848. The summed E-state index contributed by atoms with van der Waals surface area (Å²) in [6, 6.07) is 20.6. The minimum Gasteiger partial charge on any atom is -0.368 e. The fourth-order valence-electron chi connectivity index (χ4n) is 3.22. The first-order chi connectivity index (χ1) is 13.4. The average Bonchev–Trinajstić information content (AvgIpc) is 3.31. The molecule has 4 nitrogen and oxygen atoms in total. The Kier molecular flexibility index (Phi) is 6.21. The minimum atomic E-state index is -1.04. The van der Waals surface area contributed by atoms with E-state index in [4.69, 9.17) is 0 Å². The summed E-state index contributed by atoms with van der Waals surface area (Å²) in [5.41, 5.74) is 1.20. The van der Waals surface area contributed by atoms with Crippen LogP contribution in [0.1, 0.15) is 32.0 Å². The summed E-state index contributed by atoms with van der Waals surface area (Å²) in [6.07, 6.45) is 3.38. The van der Waals surface area contributed by atoms with Crippen molar-refractivity contribution in [1.29, 1.82) is 0 Å². The number of hydrogen-bond donors (Lipinski definition) is 1. The van der Waals surface area contributed by atoms with Crippen LogP contribution >= 0.6 is 11.3 Å². The Balaban J connectivity index is 0.000000516. The molecule has 0 saturated heterocycles. The monoisotopic (exact) mass is 411 g/mol. The molecule has 0 fully saturated rings. The van der Waals surface area contributed by atoms with Gasteiger partial charge >= 0.3 is 0 Å². The van der Waals surface area contributed by atoms with E-state index in [1.807, 2.05) is 66.0 Å². The molecule has 0 saturated carbocycles. The topological polar surface area (TPSA) is 63.2 Å². The molecule has 0 aliphatic carbocycles. The van der Waals surface area contributed by atoms with Crippen molar-refractivity contribution in [3.8, 4) is 0 Å². The third-order valence-electron chi connectivity index (χ3n) is 4.40. The summed E-state index contributed by atoms with van der Waals surface area (Å²) >= 11 is 1.40. The third kappa shape index (κ3) is 4.13. The van der Waals surface area contributed by atoms with Gasteiger partial charge in [0.05, 0.1) is 4.88 Å². The van der Waals surface area contributed by atoms with E-state index < -0.39 is 16.3 Å². The lowest BCUT2D eigenvalue weighted by Gasteiger charge is -2.28. The van der Waals surface area contributed by atoms with Crippen LogP contribution in [0.15, 0.2) is 72.1 Å². The van der Waals surface area contributed by atoms with Crippen LogP contribution in [-0.4, -0.2) is 28.3 Å². The number of Topliss-reactive ketones (excluding diaryl/α,β-unsaturated/α-hetero) is 2. The number of thiophene rings is 1. The van der Waals surface area contributed by atoms with Crippen molar-refractivity contribution in [3.05, 3.63) is 88.1 Å². The summed E-state index contributed by atoms with van der Waals surface area (Å²) in [5, 5.41) is 5.22. The Bertz CT molecular complexity index is 996. The number of hydrogen-bond acceptors (Lipinski definition) is 5. The molecule has 1 N–H and O–H groups in total. The molecule has 0 amide bonds. The van der Waals surface area contributed by atoms with Crippen LogP contribution < -0.4 is 5.32 Å². The fraction of sp³-hybridized carbons (Fsp3) is 0.182. The summed E-state index contributed by atoms with van der Waals surface area (Å²) in [6.45, 7) is 0. The van der Waals surface area contributed by atoms with E-state index in [9.17, 15) is 13.8 Å². The van der Waals surface area contributed by atoms with Gasteiger partial charge in [-0.1, -0.05) is 48.5 Å². The van der Waals surface area contributed by atoms with Crippen LogP contribution in [0.25, 0.3) is 0 Å². The molecule has 144 valence electrons. The van der Waals surface area contributed by atoms with Gasteiger partial charge in [-0.3, -0.25) is 13.8 Å². The Morgan fingerprint density at radius 2 is 1.64 bits per heavy atom. The fourth-order valence-corrected chi connectivity index (χ4v) is 3.89. The number of nitrogens with one attached hydrogen (secondary N) is 1. The second-order valence-corrected chi connectivity index (χ2v) is 9.02. The number of para-hydroxylation sites is 1. The second kappa shape index (κ2) is 8.63. The van der Waals surface area contributed by atoms with Gasteiger partial charge in [0, 0.05) is 41.0 Å². The number of benzene rings is 2. The van der Waals surface area contributed by atoms with Gasteiger partial charge in [0.2, 0.25) is 0 Å². The largest absolute Gasteiger partial charge is 0.368 e. The molecule has 4 rings (SSSR count). The van der Waals surface area contributed by atoms with Crippen molar-refractivity contribution in [3.63, 3.8) is 0 Å². The Morgan fingerprint density at radius 1 is 1.00 bits per heavy atom. The Hall–Kier alpha value is -2.57. The van der Waals surface area contributed by atoms with E-state index in [2.05, 4.69) is 5.32 Å². The lowest BCUT2D eigenvalue weighted by Crippen LogP contribution is -2.40. The van der Waals surface area contributed by atoms with Crippen LogP contribution in [0, 0.1) is 0 Å². The number of fused-ring (bicyclic) bond motifs is 1. The smallest absolute Gasteiger partial charge is 0.195 e. The Labute approximate surface area is 171 Å². The zero-order valence-electron chi connectivity index (χ0n) is 15.7. The van der Waals surface area contributed by atoms with Gasteiger partial charge in [0.15, 0.2) is 11.6 Å². The van der Waals surface area contributed by atoms with E-state index in [0.29, 0.717) is 10.4 Å². The summed E-state index contributed by atoms with van der Waals surface area (Å²) < 4.78 is 9.56. The molecule has 0 radical (unpaired) electrons. The average molecular weight is 412 g/mol. The SMILES string of the molecule is CS(C)=O.O=C(C[C@]1(c2ccccc2)Nc2ccccc2C1=O)c1cccs1. The molecular formula is C22H21NO3S2. The van der Waals surface area contributed by atoms with Crippen molar-refractivity contribution >= 4 is 39.4 Å². The standard InChI is InChI=1S/C20H15NO2S.C2H6OS/c22-17(18-11-6-12-24-18)13-20(14-7-2-1-3-8-14)19(23)15-9-4-5-10-16(15)21-20;1-4(2)3/h1-12,21H,13H2;1-2H3/t20-;/m1./s1. The highest BCUT2D eigenvalue weighted by molar-refractivity contribution is 7.83. The predicted octanol–water partition coefficient (Wildman–Crippen LogP) is 4.52. The molecular weight excluding hydrogens is 390 g/mol. The van der Waals surface area contributed by atoms with Gasteiger partial charge in [-0.05, 0) is 29.1 Å². The second-order valence-electron chi connectivity index (χ2n) is 6.59. The molecule has 0 bridgehead atoms. The van der Waals surface area contributed by atoms with E-state index >= 15 is 0 Å². The van der Waals surface area contributed by atoms with Crippen molar-refractivity contribution in [1.82, 2.24) is 0 Å². The molecule has 1 aromatic heterocycles. The van der Waals surface area contributed by atoms with Crippen LogP contribution in [0.5, 0.6) is 0 Å². The number of rotatable bonds is 4. The van der Waals surface area contributed by atoms with Gasteiger partial charge in [0.25, 0.3) is 0 Å². The maximum absolute atomic E-state index is 13.2. The first-order valence-electron chi connectivity index (χ1n) is 8.73. The molecule has 6 heteroatoms. The molecule has 0 unspecified atom stereocenters. The quantitative estimate of drug-likeness (QED) is 0.641. The van der Waals surface area contributed by atoms with Gasteiger partial charge in [-0.2, -0.15) is 0 Å². The highest BCUT2D eigenvalue weighted by atomic mass is 32.2. The lowest BCUT2D eigenvalue weighted by atomic mass is 9.81. The normalized spacial score (nSPS) is 17.5. The number of anilines is 1. The Morgan fingerprint density at radius 3 is 2.25 bits per heavy atom. The molecule has 2 heterocycles. The zero-order valence-corrected chi connectivity index (χ0v) is 17.3. The van der Waals surface area contributed by atoms with E-state index in [1.54, 1.807) is 18.6 Å². The van der Waals surface area contributed by atoms with E-state index in [0.717, 1.165) is 11.3 Å². The first-order valence-corrected chi connectivity index (χ1v) is 11.6. The van der Waals surface area contributed by atoms with Gasteiger partial charge in [0.1, 0.15) is 5.54 Å². The molecule has 28 heavy (non-hydrogen) atoms. The highest BCUT2D eigenvalue weighted by Crippen LogP contribution is 2.42.